The first-order valence-electron chi connectivity index (χ1n) is 9.81. The maximum atomic E-state index is 13.2. The number of benzene rings is 3. The first-order valence-corrected chi connectivity index (χ1v) is 10.7. The van der Waals surface area contributed by atoms with Crippen LogP contribution in [0.2, 0.25) is 0 Å². The van der Waals surface area contributed by atoms with Crippen LogP contribution in [0.3, 0.4) is 0 Å². The van der Waals surface area contributed by atoms with Crippen molar-refractivity contribution in [3.05, 3.63) is 95.8 Å². The number of thioether (sulfide) groups is 1. The summed E-state index contributed by atoms with van der Waals surface area (Å²) in [6.45, 7) is 2.75. The summed E-state index contributed by atoms with van der Waals surface area (Å²) < 4.78 is 41.8. The van der Waals surface area contributed by atoms with Crippen LogP contribution in [0.4, 0.5) is 13.2 Å². The molecule has 0 aliphatic rings. The van der Waals surface area contributed by atoms with E-state index in [2.05, 4.69) is 11.5 Å². The zero-order chi connectivity index (χ0) is 21.1. The number of imidazole rings is 1. The predicted molar refractivity (Wildman–Crippen MR) is 116 cm³/mol. The average molecular weight is 427 g/mol. The highest BCUT2D eigenvalue weighted by Crippen LogP contribution is 2.41. The van der Waals surface area contributed by atoms with E-state index >= 15 is 0 Å². The molecule has 1 aromatic heterocycles. The lowest BCUT2D eigenvalue weighted by Crippen LogP contribution is -2.08. The van der Waals surface area contributed by atoms with Crippen molar-refractivity contribution in [3.63, 3.8) is 0 Å². The maximum Gasteiger partial charge on any atom is 0.416 e. The standard InChI is InChI=1S/C24H21F3N2S/c1-2-15-29-21-14-13-18(24(25,26)27)16-20(21)28-23(29)22(17-9-5-3-6-10-17)30-19-11-7-4-8-12-19/h3-14,16,22H,2,15H2,1H3. The van der Waals surface area contributed by atoms with Crippen molar-refractivity contribution in [3.8, 4) is 0 Å². The second-order valence-electron chi connectivity index (χ2n) is 7.04. The predicted octanol–water partition coefficient (Wildman–Crippen LogP) is 7.35. The lowest BCUT2D eigenvalue weighted by molar-refractivity contribution is -0.137. The van der Waals surface area contributed by atoms with Crippen molar-refractivity contribution in [1.29, 1.82) is 0 Å². The highest BCUT2D eigenvalue weighted by Gasteiger charge is 2.31. The van der Waals surface area contributed by atoms with Crippen molar-refractivity contribution < 1.29 is 13.2 Å². The van der Waals surface area contributed by atoms with Crippen LogP contribution in [-0.4, -0.2) is 9.55 Å². The molecule has 0 aliphatic heterocycles. The number of alkyl halides is 3. The molecule has 0 saturated carbocycles. The van der Waals surface area contributed by atoms with Crippen LogP contribution in [0.5, 0.6) is 0 Å². The molecule has 0 fully saturated rings. The monoisotopic (exact) mass is 426 g/mol. The Labute approximate surface area is 177 Å². The van der Waals surface area contributed by atoms with Gasteiger partial charge in [-0.05, 0) is 42.3 Å². The molecule has 6 heteroatoms. The van der Waals surface area contributed by atoms with Crippen molar-refractivity contribution in [2.45, 2.75) is 36.2 Å². The number of halogens is 3. The van der Waals surface area contributed by atoms with Crippen LogP contribution in [0.15, 0.2) is 83.8 Å². The van der Waals surface area contributed by atoms with Crippen molar-refractivity contribution in [2.75, 3.05) is 0 Å². The second kappa shape index (κ2) is 8.56. The van der Waals surface area contributed by atoms with E-state index in [0.29, 0.717) is 12.1 Å². The van der Waals surface area contributed by atoms with Gasteiger partial charge in [0.05, 0.1) is 21.8 Å². The van der Waals surface area contributed by atoms with Crippen LogP contribution in [-0.2, 0) is 12.7 Å². The van der Waals surface area contributed by atoms with E-state index in [-0.39, 0.29) is 5.25 Å². The Hall–Kier alpha value is -2.73. The fourth-order valence-electron chi connectivity index (χ4n) is 3.52. The average Bonchev–Trinajstić information content (AvgIpc) is 3.10. The normalized spacial score (nSPS) is 12.9. The lowest BCUT2D eigenvalue weighted by Gasteiger charge is -2.19. The van der Waals surface area contributed by atoms with Gasteiger partial charge in [-0.1, -0.05) is 55.5 Å². The van der Waals surface area contributed by atoms with Crippen LogP contribution >= 0.6 is 11.8 Å². The minimum absolute atomic E-state index is 0.137. The number of hydrogen-bond donors (Lipinski definition) is 0. The zero-order valence-electron chi connectivity index (χ0n) is 16.4. The molecular weight excluding hydrogens is 405 g/mol. The minimum Gasteiger partial charge on any atom is -0.327 e. The summed E-state index contributed by atoms with van der Waals surface area (Å²) in [5.74, 6) is 0.770. The third-order valence-corrected chi connectivity index (χ3v) is 6.15. The molecule has 0 aliphatic carbocycles. The van der Waals surface area contributed by atoms with Crippen molar-refractivity contribution in [1.82, 2.24) is 9.55 Å². The van der Waals surface area contributed by atoms with Gasteiger partial charge in [0.25, 0.3) is 0 Å². The molecule has 0 radical (unpaired) electrons. The Kier molecular flexibility index (Phi) is 5.86. The Balaban J connectivity index is 1.88. The summed E-state index contributed by atoms with van der Waals surface area (Å²) >= 11 is 1.65. The van der Waals surface area contributed by atoms with Crippen molar-refractivity contribution >= 4 is 22.8 Å². The number of aryl methyl sites for hydroxylation is 1. The highest BCUT2D eigenvalue weighted by atomic mass is 32.2. The Morgan fingerprint density at radius 1 is 0.933 bits per heavy atom. The first-order chi connectivity index (χ1) is 14.5. The Morgan fingerprint density at radius 2 is 1.60 bits per heavy atom. The van der Waals surface area contributed by atoms with Gasteiger partial charge in [-0.2, -0.15) is 13.2 Å². The van der Waals surface area contributed by atoms with E-state index in [1.807, 2.05) is 60.7 Å². The summed E-state index contributed by atoms with van der Waals surface area (Å²) in [7, 11) is 0. The molecule has 0 N–H and O–H groups in total. The van der Waals surface area contributed by atoms with Gasteiger partial charge >= 0.3 is 6.18 Å². The summed E-state index contributed by atoms with van der Waals surface area (Å²) in [6.07, 6.45) is -3.53. The molecule has 0 spiro atoms. The third kappa shape index (κ3) is 4.24. The molecule has 4 aromatic rings. The van der Waals surface area contributed by atoms with E-state index in [9.17, 15) is 13.2 Å². The number of nitrogens with zero attached hydrogens (tertiary/aromatic N) is 2. The lowest BCUT2D eigenvalue weighted by atomic mass is 10.1. The van der Waals surface area contributed by atoms with Crippen molar-refractivity contribution in [2.24, 2.45) is 0 Å². The largest absolute Gasteiger partial charge is 0.416 e. The number of rotatable bonds is 6. The van der Waals surface area contributed by atoms with Gasteiger partial charge < -0.3 is 4.57 Å². The third-order valence-electron chi connectivity index (χ3n) is 4.89. The molecule has 2 nitrogen and oxygen atoms in total. The summed E-state index contributed by atoms with van der Waals surface area (Å²) in [4.78, 5) is 5.80. The van der Waals surface area contributed by atoms with Gasteiger partial charge in [-0.25, -0.2) is 4.98 Å². The van der Waals surface area contributed by atoms with E-state index in [1.54, 1.807) is 17.8 Å². The topological polar surface area (TPSA) is 17.8 Å². The summed E-state index contributed by atoms with van der Waals surface area (Å²) in [6, 6.07) is 23.8. The maximum absolute atomic E-state index is 13.2. The first kappa shape index (κ1) is 20.5. The molecule has 0 amide bonds. The minimum atomic E-state index is -4.39. The van der Waals surface area contributed by atoms with Crippen LogP contribution in [0.1, 0.15) is 35.5 Å². The highest BCUT2D eigenvalue weighted by molar-refractivity contribution is 7.99. The fourth-order valence-corrected chi connectivity index (χ4v) is 4.68. The van der Waals surface area contributed by atoms with Gasteiger partial charge in [-0.15, -0.1) is 11.8 Å². The molecular formula is C24H21F3N2S. The summed E-state index contributed by atoms with van der Waals surface area (Å²) in [5, 5.41) is -0.137. The van der Waals surface area contributed by atoms with E-state index in [1.165, 1.54) is 0 Å². The van der Waals surface area contributed by atoms with Crippen LogP contribution in [0.25, 0.3) is 11.0 Å². The van der Waals surface area contributed by atoms with Gasteiger partial charge in [0.15, 0.2) is 0 Å². The molecule has 1 unspecified atom stereocenters. The molecule has 0 saturated heterocycles. The molecule has 1 atom stereocenters. The molecule has 0 bridgehead atoms. The smallest absolute Gasteiger partial charge is 0.327 e. The fraction of sp³-hybridized carbons (Fsp3) is 0.208. The molecule has 154 valence electrons. The molecule has 30 heavy (non-hydrogen) atoms. The number of hydrogen-bond acceptors (Lipinski definition) is 2. The van der Waals surface area contributed by atoms with Gasteiger partial charge in [0, 0.05) is 11.4 Å². The molecule has 4 rings (SSSR count). The van der Waals surface area contributed by atoms with Gasteiger partial charge in [-0.3, -0.25) is 0 Å². The Bertz CT molecular complexity index is 1120. The number of fused-ring (bicyclic) bond motifs is 1. The quantitative estimate of drug-likeness (QED) is 0.300. The molecule has 3 aromatic carbocycles. The van der Waals surface area contributed by atoms with Crippen LogP contribution in [0, 0.1) is 0 Å². The SMILES string of the molecule is CCCn1c(C(Sc2ccccc2)c2ccccc2)nc2cc(C(F)(F)F)ccc21. The van der Waals surface area contributed by atoms with E-state index < -0.39 is 11.7 Å². The summed E-state index contributed by atoms with van der Waals surface area (Å²) in [5.41, 5.74) is 1.50. The van der Waals surface area contributed by atoms with Gasteiger partial charge in [0.1, 0.15) is 5.82 Å². The number of aromatic nitrogens is 2. The van der Waals surface area contributed by atoms with Gasteiger partial charge in [0.2, 0.25) is 0 Å². The zero-order valence-corrected chi connectivity index (χ0v) is 17.3. The second-order valence-corrected chi connectivity index (χ2v) is 8.22. The van der Waals surface area contributed by atoms with Crippen LogP contribution < -0.4 is 0 Å². The molecule has 1 heterocycles. The Morgan fingerprint density at radius 3 is 2.23 bits per heavy atom. The van der Waals surface area contributed by atoms with E-state index in [4.69, 9.17) is 4.98 Å². The van der Waals surface area contributed by atoms with E-state index in [0.717, 1.165) is 40.4 Å².